The van der Waals surface area contributed by atoms with Crippen LogP contribution in [0.3, 0.4) is 0 Å². The van der Waals surface area contributed by atoms with E-state index in [1.54, 1.807) is 14.1 Å². The molecule has 266 valence electrons. The SMILES string of the molecule is CCCCC1=C(c2cc(CCCC)cc(CCCC)c2)[N+](=[N-])C(c2cc(CCCC)cc(CCCC)c2)=C1.CC[N-]C.CC[N-]C.[Ni+2]. The molecule has 0 spiro atoms. The van der Waals surface area contributed by atoms with Crippen molar-refractivity contribution in [3.8, 4) is 0 Å². The van der Waals surface area contributed by atoms with E-state index >= 15 is 0 Å². The molecule has 0 fully saturated rings. The standard InChI is InChI=1S/C36H52N2.2C3H8N.Ni/c1-6-11-16-28-21-29(17-12-7-2)24-33(23-28)35-27-32(20-15-10-5)36(38(35)37)34-25-30(18-13-8-3)22-31(26-34)19-14-9-4;2*1-3-4-2;/h21-27H,6-20H2,1-5H3;2*3H2,1-2H3;/q;2*-1;+2. The molecular formula is C42H68N4Ni. The predicted molar refractivity (Wildman–Crippen MR) is 205 cm³/mol. The molecule has 1 aliphatic rings. The van der Waals surface area contributed by atoms with Crippen LogP contribution in [0.4, 0.5) is 0 Å². The van der Waals surface area contributed by atoms with Gasteiger partial charge in [0.2, 0.25) is 11.4 Å². The van der Waals surface area contributed by atoms with Gasteiger partial charge in [-0.05, 0) is 111 Å². The Balaban J connectivity index is 0.00000211. The normalized spacial score (nSPS) is 12.2. The van der Waals surface area contributed by atoms with Crippen LogP contribution >= 0.6 is 0 Å². The summed E-state index contributed by atoms with van der Waals surface area (Å²) >= 11 is 0. The number of allylic oxidation sites excluding steroid dienone is 2. The monoisotopic (exact) mass is 686 g/mol. The van der Waals surface area contributed by atoms with Crippen molar-refractivity contribution in [3.63, 3.8) is 0 Å². The van der Waals surface area contributed by atoms with E-state index in [4.69, 9.17) is 0 Å². The molecule has 3 rings (SSSR count). The Bertz CT molecular complexity index is 1140. The Morgan fingerprint density at radius 2 is 0.830 bits per heavy atom. The second-order valence-corrected chi connectivity index (χ2v) is 12.6. The van der Waals surface area contributed by atoms with Gasteiger partial charge in [-0.15, -0.1) is 0 Å². The topological polar surface area (TPSA) is 53.5 Å². The van der Waals surface area contributed by atoms with Gasteiger partial charge in [0.25, 0.3) is 0 Å². The molecule has 0 N–H and O–H groups in total. The predicted octanol–water partition coefficient (Wildman–Crippen LogP) is 13.1. The number of aryl methyl sites for hydroxylation is 4. The van der Waals surface area contributed by atoms with Crippen LogP contribution < -0.4 is 0 Å². The smallest absolute Gasteiger partial charge is 0.665 e. The molecule has 0 bridgehead atoms. The first kappa shape index (κ1) is 44.9. The molecule has 0 saturated carbocycles. The number of nitrogens with zero attached hydrogens (tertiary/aromatic N) is 4. The van der Waals surface area contributed by atoms with E-state index in [1.807, 2.05) is 13.8 Å². The van der Waals surface area contributed by atoms with Crippen molar-refractivity contribution in [2.24, 2.45) is 0 Å². The minimum absolute atomic E-state index is 0. The zero-order valence-electron chi connectivity index (χ0n) is 31.7. The van der Waals surface area contributed by atoms with Gasteiger partial charge in [-0.25, -0.2) is 4.70 Å². The van der Waals surface area contributed by atoms with Gasteiger partial charge in [-0.1, -0.05) is 92.7 Å². The first-order valence-corrected chi connectivity index (χ1v) is 18.7. The fourth-order valence-electron chi connectivity index (χ4n) is 5.53. The second-order valence-electron chi connectivity index (χ2n) is 12.6. The van der Waals surface area contributed by atoms with Crippen LogP contribution in [-0.2, 0) is 42.2 Å². The van der Waals surface area contributed by atoms with E-state index < -0.39 is 0 Å². The molecule has 0 amide bonds. The summed E-state index contributed by atoms with van der Waals surface area (Å²) in [6.45, 7) is 17.2. The molecule has 4 nitrogen and oxygen atoms in total. The van der Waals surface area contributed by atoms with Gasteiger partial charge in [0.15, 0.2) is 0 Å². The number of rotatable bonds is 19. The summed E-state index contributed by atoms with van der Waals surface area (Å²) in [5.41, 5.74) is 23.0. The Labute approximate surface area is 301 Å². The minimum Gasteiger partial charge on any atom is -0.665 e. The van der Waals surface area contributed by atoms with E-state index in [-0.39, 0.29) is 16.5 Å². The van der Waals surface area contributed by atoms with Gasteiger partial charge in [0.05, 0.1) is 0 Å². The maximum atomic E-state index is 11.8. The number of hydrogen-bond donors (Lipinski definition) is 0. The zero-order valence-corrected chi connectivity index (χ0v) is 32.7. The molecule has 0 unspecified atom stereocenters. The van der Waals surface area contributed by atoms with Crippen LogP contribution in [0.25, 0.3) is 27.6 Å². The van der Waals surface area contributed by atoms with Crippen LogP contribution in [0, 0.1) is 0 Å². The largest absolute Gasteiger partial charge is 2.00 e. The van der Waals surface area contributed by atoms with Crippen molar-refractivity contribution in [3.05, 3.63) is 97.6 Å². The third-order valence-electron chi connectivity index (χ3n) is 8.44. The van der Waals surface area contributed by atoms with Crippen molar-refractivity contribution in [1.29, 1.82) is 0 Å². The molecule has 5 heteroatoms. The number of benzene rings is 2. The van der Waals surface area contributed by atoms with E-state index in [0.29, 0.717) is 0 Å². The van der Waals surface area contributed by atoms with E-state index in [9.17, 15) is 5.53 Å². The van der Waals surface area contributed by atoms with Crippen molar-refractivity contribution < 1.29 is 21.2 Å². The zero-order chi connectivity index (χ0) is 34.2. The third kappa shape index (κ3) is 16.7. The van der Waals surface area contributed by atoms with Crippen LogP contribution in [-0.4, -0.2) is 31.9 Å². The van der Waals surface area contributed by atoms with Gasteiger partial charge in [-0.2, -0.15) is 27.2 Å². The summed E-state index contributed by atoms with van der Waals surface area (Å²) in [7, 11) is 3.61. The molecule has 0 radical (unpaired) electrons. The number of unbranched alkanes of at least 4 members (excludes halogenated alkanes) is 5. The maximum absolute atomic E-state index is 11.8. The summed E-state index contributed by atoms with van der Waals surface area (Å²) in [5.74, 6) is 0. The van der Waals surface area contributed by atoms with Crippen molar-refractivity contribution in [2.75, 3.05) is 27.2 Å². The van der Waals surface area contributed by atoms with Crippen molar-refractivity contribution in [1.82, 2.24) is 0 Å². The average Bonchev–Trinajstić information content (AvgIpc) is 3.42. The van der Waals surface area contributed by atoms with Crippen LogP contribution in [0.15, 0.2) is 48.0 Å². The van der Waals surface area contributed by atoms with Gasteiger partial charge in [-0.3, -0.25) is 0 Å². The molecule has 0 atom stereocenters. The van der Waals surface area contributed by atoms with Crippen LogP contribution in [0.5, 0.6) is 0 Å². The van der Waals surface area contributed by atoms with E-state index in [2.05, 4.69) is 87.7 Å². The molecule has 2 aromatic carbocycles. The molecule has 0 aliphatic carbocycles. The summed E-state index contributed by atoms with van der Waals surface area (Å²) in [6, 6.07) is 14.1. The second kappa shape index (κ2) is 27.8. The molecule has 0 saturated heterocycles. The summed E-state index contributed by atoms with van der Waals surface area (Å²) in [5, 5.41) is 7.47. The van der Waals surface area contributed by atoms with Gasteiger partial charge in [0.1, 0.15) is 0 Å². The van der Waals surface area contributed by atoms with Gasteiger partial charge >= 0.3 is 16.5 Å². The Hall–Kier alpha value is -2.07. The summed E-state index contributed by atoms with van der Waals surface area (Å²) in [6.07, 6.45) is 19.6. The maximum Gasteiger partial charge on any atom is 2.00 e. The van der Waals surface area contributed by atoms with Crippen LogP contribution in [0.1, 0.15) is 152 Å². The van der Waals surface area contributed by atoms with E-state index in [0.717, 1.165) is 75.0 Å². The fourth-order valence-corrected chi connectivity index (χ4v) is 5.53. The Morgan fingerprint density at radius 3 is 1.15 bits per heavy atom. The first-order chi connectivity index (χ1) is 22.4. The summed E-state index contributed by atoms with van der Waals surface area (Å²) in [4.78, 5) is 0. The Kier molecular flexibility index (Phi) is 26.6. The molecular weight excluding hydrogens is 619 g/mol. The summed E-state index contributed by atoms with van der Waals surface area (Å²) < 4.78 is 1.52. The molecule has 0 aromatic heterocycles. The first-order valence-electron chi connectivity index (χ1n) is 18.7. The minimum atomic E-state index is 0. The molecule has 2 aromatic rings. The van der Waals surface area contributed by atoms with Crippen molar-refractivity contribution >= 4 is 11.4 Å². The van der Waals surface area contributed by atoms with Gasteiger partial charge in [0, 0.05) is 22.8 Å². The fraction of sp³-hybridized carbons (Fsp3) is 0.619. The molecule has 47 heavy (non-hydrogen) atoms. The van der Waals surface area contributed by atoms with Crippen LogP contribution in [0.2, 0.25) is 0 Å². The average molecular weight is 688 g/mol. The molecule has 1 heterocycles. The third-order valence-corrected chi connectivity index (χ3v) is 8.44. The quantitative estimate of drug-likeness (QED) is 0.104. The van der Waals surface area contributed by atoms with Crippen molar-refractivity contribution in [2.45, 2.75) is 145 Å². The van der Waals surface area contributed by atoms with Gasteiger partial charge < -0.3 is 16.2 Å². The molecule has 1 aliphatic heterocycles. The Morgan fingerprint density at radius 1 is 0.511 bits per heavy atom. The number of hydrogen-bond acceptors (Lipinski definition) is 0. The van der Waals surface area contributed by atoms with E-state index in [1.165, 1.54) is 89.5 Å².